The van der Waals surface area contributed by atoms with Gasteiger partial charge in [-0.2, -0.15) is 13.2 Å². The lowest BCUT2D eigenvalue weighted by atomic mass is 9.85. The van der Waals surface area contributed by atoms with Crippen LogP contribution in [0.3, 0.4) is 0 Å². The highest BCUT2D eigenvalue weighted by atomic mass is 19.4. The molecule has 0 bridgehead atoms. The third-order valence-electron chi connectivity index (χ3n) is 4.79. The third-order valence-corrected chi connectivity index (χ3v) is 4.79. The minimum absolute atomic E-state index is 0.0556. The van der Waals surface area contributed by atoms with Crippen LogP contribution in [0, 0.1) is 0 Å². The summed E-state index contributed by atoms with van der Waals surface area (Å²) in [5.41, 5.74) is -0.427. The highest BCUT2D eigenvalue weighted by Gasteiger charge is 2.48. The number of nitrogens with zero attached hydrogens (tertiary/aromatic N) is 1. The summed E-state index contributed by atoms with van der Waals surface area (Å²) in [5, 5.41) is 3.54. The molecule has 2 aliphatic rings. The fourth-order valence-corrected chi connectivity index (χ4v) is 3.30. The highest BCUT2D eigenvalue weighted by molar-refractivity contribution is 5.05. The summed E-state index contributed by atoms with van der Waals surface area (Å²) in [5.74, 6) is 0. The van der Waals surface area contributed by atoms with Gasteiger partial charge in [0, 0.05) is 24.2 Å². The van der Waals surface area contributed by atoms with Crippen LogP contribution >= 0.6 is 0 Å². The minimum Gasteiger partial charge on any atom is -0.308 e. The monoisotopic (exact) mass is 264 g/mol. The second-order valence-corrected chi connectivity index (χ2v) is 6.16. The lowest BCUT2D eigenvalue weighted by Crippen LogP contribution is -2.69. The number of hydrogen-bond acceptors (Lipinski definition) is 2. The van der Waals surface area contributed by atoms with E-state index in [1.807, 2.05) is 13.8 Å². The Kier molecular flexibility index (Phi) is 3.67. The molecule has 1 aliphatic heterocycles. The second kappa shape index (κ2) is 4.67. The fourth-order valence-electron chi connectivity index (χ4n) is 3.30. The van der Waals surface area contributed by atoms with Gasteiger partial charge in [0.05, 0.1) is 6.54 Å². The molecule has 1 saturated carbocycles. The van der Waals surface area contributed by atoms with Crippen molar-refractivity contribution in [1.82, 2.24) is 10.2 Å². The maximum atomic E-state index is 12.7. The first kappa shape index (κ1) is 14.1. The van der Waals surface area contributed by atoms with E-state index >= 15 is 0 Å². The van der Waals surface area contributed by atoms with Crippen LogP contribution in [-0.2, 0) is 0 Å². The third kappa shape index (κ3) is 2.82. The Labute approximate surface area is 107 Å². The maximum Gasteiger partial charge on any atom is 0.401 e. The van der Waals surface area contributed by atoms with Crippen LogP contribution in [0.15, 0.2) is 0 Å². The van der Waals surface area contributed by atoms with Crippen LogP contribution in [0.25, 0.3) is 0 Å². The largest absolute Gasteiger partial charge is 0.401 e. The van der Waals surface area contributed by atoms with Crippen LogP contribution in [0.5, 0.6) is 0 Å². The van der Waals surface area contributed by atoms with Gasteiger partial charge in [-0.25, -0.2) is 0 Å². The molecule has 0 amide bonds. The van der Waals surface area contributed by atoms with Crippen molar-refractivity contribution in [3.63, 3.8) is 0 Å². The minimum atomic E-state index is -4.10. The summed E-state index contributed by atoms with van der Waals surface area (Å²) in [6, 6.07) is 0. The molecule has 1 atom stereocenters. The SMILES string of the molecule is CCC1(C)CNC2(CCCC2)CN1CC(F)(F)F. The van der Waals surface area contributed by atoms with Crippen molar-refractivity contribution in [2.75, 3.05) is 19.6 Å². The van der Waals surface area contributed by atoms with Crippen molar-refractivity contribution in [3.05, 3.63) is 0 Å². The zero-order valence-corrected chi connectivity index (χ0v) is 11.2. The quantitative estimate of drug-likeness (QED) is 0.825. The predicted octanol–water partition coefficient (Wildman–Crippen LogP) is 2.94. The predicted molar refractivity (Wildman–Crippen MR) is 65.5 cm³/mol. The van der Waals surface area contributed by atoms with E-state index in [2.05, 4.69) is 5.32 Å². The molecular formula is C13H23F3N2. The van der Waals surface area contributed by atoms with Crippen LogP contribution < -0.4 is 5.32 Å². The van der Waals surface area contributed by atoms with Gasteiger partial charge in [0.15, 0.2) is 0 Å². The van der Waals surface area contributed by atoms with E-state index in [4.69, 9.17) is 0 Å². The van der Waals surface area contributed by atoms with Crippen LogP contribution in [0.4, 0.5) is 13.2 Å². The number of hydrogen-bond donors (Lipinski definition) is 1. The van der Waals surface area contributed by atoms with Crippen molar-refractivity contribution in [2.24, 2.45) is 0 Å². The van der Waals surface area contributed by atoms with Crippen molar-refractivity contribution >= 4 is 0 Å². The highest BCUT2D eigenvalue weighted by Crippen LogP contribution is 2.38. The Morgan fingerprint density at radius 1 is 1.22 bits per heavy atom. The first-order chi connectivity index (χ1) is 8.29. The molecule has 2 rings (SSSR count). The smallest absolute Gasteiger partial charge is 0.308 e. The molecular weight excluding hydrogens is 241 g/mol. The standard InChI is InChI=1S/C13H23F3N2/c1-3-11(2)8-17-12(6-4-5-7-12)9-18(11)10-13(14,15)16/h17H,3-10H2,1-2H3. The molecule has 0 aromatic rings. The molecule has 0 radical (unpaired) electrons. The molecule has 2 nitrogen and oxygen atoms in total. The van der Waals surface area contributed by atoms with Crippen molar-refractivity contribution in [3.8, 4) is 0 Å². The summed E-state index contributed by atoms with van der Waals surface area (Å²) >= 11 is 0. The van der Waals surface area contributed by atoms with E-state index in [0.29, 0.717) is 13.1 Å². The Morgan fingerprint density at radius 3 is 2.33 bits per heavy atom. The maximum absolute atomic E-state index is 12.7. The molecule has 1 N–H and O–H groups in total. The second-order valence-electron chi connectivity index (χ2n) is 6.16. The molecule has 1 aliphatic carbocycles. The summed E-state index contributed by atoms with van der Waals surface area (Å²) in [7, 11) is 0. The summed E-state index contributed by atoms with van der Waals surface area (Å²) in [6.45, 7) is 4.34. The van der Waals surface area contributed by atoms with E-state index in [1.165, 1.54) is 0 Å². The molecule has 2 fully saturated rings. The Bertz CT molecular complexity index is 297. The van der Waals surface area contributed by atoms with Gasteiger partial charge < -0.3 is 5.32 Å². The first-order valence-electron chi connectivity index (χ1n) is 6.85. The van der Waals surface area contributed by atoms with Crippen molar-refractivity contribution < 1.29 is 13.2 Å². The Morgan fingerprint density at radius 2 is 1.83 bits per heavy atom. The average molecular weight is 264 g/mol. The van der Waals surface area contributed by atoms with Gasteiger partial charge in [-0.3, -0.25) is 4.90 Å². The molecule has 0 aromatic heterocycles. The number of alkyl halides is 3. The number of nitrogens with one attached hydrogen (secondary N) is 1. The van der Waals surface area contributed by atoms with E-state index < -0.39 is 12.7 Å². The summed E-state index contributed by atoms with van der Waals surface area (Å²) in [4.78, 5) is 1.66. The molecule has 18 heavy (non-hydrogen) atoms. The molecule has 5 heteroatoms. The molecule has 1 heterocycles. The Balaban J connectivity index is 2.13. The topological polar surface area (TPSA) is 15.3 Å². The van der Waals surface area contributed by atoms with Crippen LogP contribution in [0.2, 0.25) is 0 Å². The fraction of sp³-hybridized carbons (Fsp3) is 1.00. The van der Waals surface area contributed by atoms with Gasteiger partial charge >= 0.3 is 6.18 Å². The van der Waals surface area contributed by atoms with Crippen LogP contribution in [-0.4, -0.2) is 41.8 Å². The van der Waals surface area contributed by atoms with Gasteiger partial charge in [0.2, 0.25) is 0 Å². The number of rotatable bonds is 2. The van der Waals surface area contributed by atoms with E-state index in [-0.39, 0.29) is 11.1 Å². The first-order valence-corrected chi connectivity index (χ1v) is 6.85. The lowest BCUT2D eigenvalue weighted by molar-refractivity contribution is -0.167. The van der Waals surface area contributed by atoms with Gasteiger partial charge in [-0.1, -0.05) is 19.8 Å². The van der Waals surface area contributed by atoms with E-state index in [9.17, 15) is 13.2 Å². The zero-order chi connectivity index (χ0) is 13.4. The summed E-state index contributed by atoms with van der Waals surface area (Å²) < 4.78 is 38.2. The van der Waals surface area contributed by atoms with Gasteiger partial charge in [0.1, 0.15) is 0 Å². The van der Waals surface area contributed by atoms with Crippen LogP contribution in [0.1, 0.15) is 46.0 Å². The summed E-state index contributed by atoms with van der Waals surface area (Å²) in [6.07, 6.45) is 0.938. The molecule has 1 spiro atoms. The average Bonchev–Trinajstić information content (AvgIpc) is 2.71. The van der Waals surface area contributed by atoms with Gasteiger partial charge in [-0.15, -0.1) is 0 Å². The van der Waals surface area contributed by atoms with E-state index in [0.717, 1.165) is 32.1 Å². The molecule has 1 unspecified atom stereocenters. The van der Waals surface area contributed by atoms with Gasteiger partial charge in [0.25, 0.3) is 0 Å². The normalized spacial score (nSPS) is 33.2. The lowest BCUT2D eigenvalue weighted by Gasteiger charge is -2.52. The molecule has 0 aromatic carbocycles. The number of halogens is 3. The number of piperazine rings is 1. The zero-order valence-electron chi connectivity index (χ0n) is 11.2. The molecule has 1 saturated heterocycles. The van der Waals surface area contributed by atoms with E-state index in [1.54, 1.807) is 4.90 Å². The van der Waals surface area contributed by atoms with Crippen molar-refractivity contribution in [1.29, 1.82) is 0 Å². The van der Waals surface area contributed by atoms with Gasteiger partial charge in [-0.05, 0) is 26.2 Å². The molecule has 106 valence electrons. The Hall–Kier alpha value is -0.290. The van der Waals surface area contributed by atoms with Crippen molar-refractivity contribution in [2.45, 2.75) is 63.2 Å².